The number of thioether (sulfide) groups is 1. The predicted molar refractivity (Wildman–Crippen MR) is 257 cm³/mol. The summed E-state index contributed by atoms with van der Waals surface area (Å²) < 4.78 is 62.4. The van der Waals surface area contributed by atoms with E-state index >= 15 is 0 Å². The Bertz CT molecular complexity index is 2070. The summed E-state index contributed by atoms with van der Waals surface area (Å²) in [5.41, 5.74) is 4.26. The van der Waals surface area contributed by atoms with E-state index in [0.717, 1.165) is 48.2 Å². The van der Waals surface area contributed by atoms with Gasteiger partial charge in [-0.15, -0.1) is 0 Å². The fourth-order valence-corrected chi connectivity index (χ4v) is 11.0. The summed E-state index contributed by atoms with van der Waals surface area (Å²) in [5, 5.41) is 36.7. The van der Waals surface area contributed by atoms with Crippen LogP contribution >= 0.6 is 35.2 Å². The smallest absolute Gasteiger partial charge is 0.393 e. The molecule has 0 saturated carbocycles. The Morgan fingerprint density at radius 1 is 0.857 bits per heavy atom. The van der Waals surface area contributed by atoms with Crippen LogP contribution in [0, 0.1) is 5.41 Å². The second-order valence-corrected chi connectivity index (χ2v) is 23.3. The number of hydrogen-bond donors (Lipinski definition) is 10. The van der Waals surface area contributed by atoms with Gasteiger partial charge in [-0.3, -0.25) is 32.5 Å². The van der Waals surface area contributed by atoms with Gasteiger partial charge in [0.05, 0.1) is 25.6 Å². The first-order valence-corrected chi connectivity index (χ1v) is 29.2. The Morgan fingerprint density at radius 3 is 2.04 bits per heavy atom. The third kappa shape index (κ3) is 23.2. The zero-order valence-electron chi connectivity index (χ0n) is 40.1. The van der Waals surface area contributed by atoms with Crippen molar-refractivity contribution in [3.63, 3.8) is 0 Å². The molecular weight excluding hydrogens is 1000 g/mol. The minimum absolute atomic E-state index is 0.0269. The summed E-state index contributed by atoms with van der Waals surface area (Å²) in [5.74, 6) is -1.21. The number of rotatable bonds is 37. The minimum Gasteiger partial charge on any atom is -0.393 e. The second-order valence-electron chi connectivity index (χ2n) is 17.9. The SMILES string of the molecule is CCCCCCCCCCCCCCCCC[C@@H](O)CC(=O)SCCNC(=O)CCNC(=O)[C@H](O)C(C)(C)COP(=O)(O)OP(=O)(O)OC[C@H]1O[C@@H](n2cnc3c(N)ncnc32)[C@H](O)[C@@H]1OP(=O)(O)O. The van der Waals surface area contributed by atoms with Crippen molar-refractivity contribution in [2.24, 2.45) is 5.41 Å². The second kappa shape index (κ2) is 30.7. The van der Waals surface area contributed by atoms with E-state index in [4.69, 9.17) is 19.5 Å². The number of nitrogens with one attached hydrogen (secondary N) is 2. The number of ether oxygens (including phenoxy) is 1. The number of nitrogens with two attached hydrogens (primary N) is 1. The number of carbonyl (C=O) groups excluding carboxylic acids is 3. The lowest BCUT2D eigenvalue weighted by Crippen LogP contribution is -2.46. The number of phosphoric ester groups is 3. The summed E-state index contributed by atoms with van der Waals surface area (Å²) in [4.78, 5) is 88.5. The normalized spacial score (nSPS) is 20.2. The van der Waals surface area contributed by atoms with Gasteiger partial charge in [-0.25, -0.2) is 28.6 Å². The molecule has 70 heavy (non-hydrogen) atoms. The summed E-state index contributed by atoms with van der Waals surface area (Å²) in [7, 11) is -16.4. The molecule has 3 heterocycles. The molecule has 11 N–H and O–H groups in total. The molecule has 402 valence electrons. The van der Waals surface area contributed by atoms with Gasteiger partial charge in [-0.2, -0.15) is 4.31 Å². The van der Waals surface area contributed by atoms with Crippen molar-refractivity contribution in [2.75, 3.05) is 37.8 Å². The maximum Gasteiger partial charge on any atom is 0.481 e. The molecule has 3 rings (SSSR count). The third-order valence-corrected chi connectivity index (χ3v) is 15.3. The van der Waals surface area contributed by atoms with Gasteiger partial charge >= 0.3 is 23.5 Å². The monoisotopic (exact) mass is 1080 g/mol. The summed E-state index contributed by atoms with van der Waals surface area (Å²) in [6.07, 6.45) is 11.6. The van der Waals surface area contributed by atoms with Crippen molar-refractivity contribution in [3.05, 3.63) is 12.7 Å². The molecule has 1 aliphatic rings. The molecule has 8 atom stereocenters. The van der Waals surface area contributed by atoms with Gasteiger partial charge in [-0.05, 0) is 6.42 Å². The van der Waals surface area contributed by atoms with E-state index in [-0.39, 0.29) is 53.8 Å². The number of nitrogens with zero attached hydrogens (tertiary/aromatic N) is 4. The number of amides is 2. The van der Waals surface area contributed by atoms with Crippen LogP contribution in [0.25, 0.3) is 11.2 Å². The number of aliphatic hydroxyl groups is 3. The van der Waals surface area contributed by atoms with Crippen molar-refractivity contribution in [1.82, 2.24) is 30.2 Å². The molecule has 0 radical (unpaired) electrons. The molecule has 0 aromatic carbocycles. The van der Waals surface area contributed by atoms with Crippen LogP contribution in [0.1, 0.15) is 143 Å². The van der Waals surface area contributed by atoms with Crippen molar-refractivity contribution in [1.29, 1.82) is 0 Å². The molecule has 2 aromatic heterocycles. The number of imidazole rings is 1. The highest BCUT2D eigenvalue weighted by atomic mass is 32.2. The average molecular weight is 1080 g/mol. The van der Waals surface area contributed by atoms with Gasteiger partial charge in [0.15, 0.2) is 22.8 Å². The quantitative estimate of drug-likeness (QED) is 0.0324. The third-order valence-electron chi connectivity index (χ3n) is 11.3. The molecule has 1 aliphatic heterocycles. The van der Waals surface area contributed by atoms with E-state index in [1.165, 1.54) is 90.9 Å². The number of unbranched alkanes of at least 4 members (excludes halogenated alkanes) is 14. The van der Waals surface area contributed by atoms with Gasteiger partial charge in [0.1, 0.15) is 36.3 Å². The van der Waals surface area contributed by atoms with E-state index in [0.29, 0.717) is 6.42 Å². The average Bonchev–Trinajstić information content (AvgIpc) is 3.84. The maximum atomic E-state index is 12.8. The van der Waals surface area contributed by atoms with Gasteiger partial charge in [0, 0.05) is 37.1 Å². The molecule has 0 bridgehead atoms. The zero-order valence-corrected chi connectivity index (χ0v) is 43.6. The number of hydrogen-bond acceptors (Lipinski definition) is 19. The van der Waals surface area contributed by atoms with E-state index in [9.17, 15) is 63.0 Å². The van der Waals surface area contributed by atoms with Gasteiger partial charge in [0.2, 0.25) is 11.8 Å². The predicted octanol–water partition coefficient (Wildman–Crippen LogP) is 4.68. The van der Waals surface area contributed by atoms with Gasteiger partial charge in [0.25, 0.3) is 0 Å². The standard InChI is InChI=1S/C41H74N7O18P3S/c1-4-5-6-7-8-9-10-11-12-13-14-15-16-17-18-19-29(49)24-32(51)70-23-22-43-31(50)20-21-44-39(54)36(53)41(2,3)26-63-69(60,61)66-68(58,59)62-25-30-35(65-67(55,56)57)34(52)40(64-30)48-28-47-33-37(42)45-27-46-38(33)48/h27-30,34-36,40,49,52-53H,4-26H2,1-3H3,(H,43,50)(H,44,54)(H,58,59)(H,60,61)(H2,42,45,46)(H2,55,56,57)/t29-,30-,34-,35-,36+,40-/m1/s1. The highest BCUT2D eigenvalue weighted by molar-refractivity contribution is 8.13. The van der Waals surface area contributed by atoms with Crippen molar-refractivity contribution < 1.29 is 85.6 Å². The van der Waals surface area contributed by atoms with Crippen molar-refractivity contribution >= 4 is 69.1 Å². The molecule has 2 amide bonds. The first-order valence-electron chi connectivity index (χ1n) is 23.7. The Labute approximate surface area is 412 Å². The summed E-state index contributed by atoms with van der Waals surface area (Å²) >= 11 is 1.00. The van der Waals surface area contributed by atoms with E-state index in [1.807, 2.05) is 0 Å². The van der Waals surface area contributed by atoms with Crippen LogP contribution in [0.4, 0.5) is 5.82 Å². The fourth-order valence-electron chi connectivity index (χ4n) is 7.40. The topological polar surface area (TPSA) is 384 Å². The molecular formula is C41H74N7O18P3S. The Hall–Kier alpha value is -2.48. The molecule has 2 unspecified atom stereocenters. The van der Waals surface area contributed by atoms with Crippen LogP contribution in [-0.4, -0.2) is 134 Å². The van der Waals surface area contributed by atoms with Crippen LogP contribution in [0.15, 0.2) is 12.7 Å². The van der Waals surface area contributed by atoms with Crippen molar-refractivity contribution in [3.8, 4) is 0 Å². The lowest BCUT2D eigenvalue weighted by Gasteiger charge is -2.30. The first-order chi connectivity index (χ1) is 32.9. The van der Waals surface area contributed by atoms with E-state index in [2.05, 4.69) is 41.3 Å². The van der Waals surface area contributed by atoms with Gasteiger partial charge in [-0.1, -0.05) is 129 Å². The van der Waals surface area contributed by atoms with Crippen LogP contribution in [0.2, 0.25) is 0 Å². The molecule has 0 aliphatic carbocycles. The zero-order chi connectivity index (χ0) is 52.0. The fraction of sp³-hybridized carbons (Fsp3) is 0.805. The summed E-state index contributed by atoms with van der Waals surface area (Å²) in [6, 6.07) is 0. The minimum atomic E-state index is -5.59. The number of nitrogen functional groups attached to an aromatic ring is 1. The number of phosphoric acid groups is 3. The lowest BCUT2D eigenvalue weighted by molar-refractivity contribution is -0.137. The molecule has 25 nitrogen and oxygen atoms in total. The van der Waals surface area contributed by atoms with Gasteiger partial charge < -0.3 is 56.0 Å². The highest BCUT2D eigenvalue weighted by Gasteiger charge is 2.50. The molecule has 0 spiro atoms. The first kappa shape index (κ1) is 61.8. The van der Waals surface area contributed by atoms with E-state index in [1.54, 1.807) is 0 Å². The molecule has 1 fully saturated rings. The van der Waals surface area contributed by atoms with Crippen LogP contribution < -0.4 is 16.4 Å². The summed E-state index contributed by atoms with van der Waals surface area (Å²) in [6.45, 7) is 2.65. The number of carbonyl (C=O) groups is 3. The number of fused-ring (bicyclic) bond motifs is 1. The Kier molecular flexibility index (Phi) is 27.1. The highest BCUT2D eigenvalue weighted by Crippen LogP contribution is 2.61. The maximum absolute atomic E-state index is 12.8. The number of anilines is 1. The van der Waals surface area contributed by atoms with E-state index < -0.39 is 90.7 Å². The molecule has 1 saturated heterocycles. The van der Waals surface area contributed by atoms with Crippen LogP contribution in [0.5, 0.6) is 0 Å². The largest absolute Gasteiger partial charge is 0.481 e. The number of aliphatic hydroxyl groups excluding tert-OH is 3. The van der Waals surface area contributed by atoms with Crippen LogP contribution in [-0.2, 0) is 50.7 Å². The lowest BCUT2D eigenvalue weighted by atomic mass is 9.87. The molecule has 29 heteroatoms. The number of aromatic nitrogens is 4. The molecule has 2 aromatic rings. The Morgan fingerprint density at radius 2 is 1.44 bits per heavy atom. The Balaban J connectivity index is 1.28. The van der Waals surface area contributed by atoms with Crippen molar-refractivity contribution in [2.45, 2.75) is 173 Å². The van der Waals surface area contributed by atoms with Crippen LogP contribution in [0.3, 0.4) is 0 Å².